The fourth-order valence-corrected chi connectivity index (χ4v) is 2.49. The van der Waals surface area contributed by atoms with Gasteiger partial charge in [0.25, 0.3) is 0 Å². The minimum Gasteiger partial charge on any atom is -0.383 e. The van der Waals surface area contributed by atoms with Gasteiger partial charge in [-0.25, -0.2) is 0 Å². The molecule has 1 aromatic carbocycles. The molecule has 1 unspecified atom stereocenters. The van der Waals surface area contributed by atoms with Crippen LogP contribution in [-0.4, -0.2) is 38.1 Å². The van der Waals surface area contributed by atoms with Gasteiger partial charge in [0.05, 0.1) is 13.2 Å². The van der Waals surface area contributed by atoms with E-state index in [0.717, 1.165) is 32.1 Å². The summed E-state index contributed by atoms with van der Waals surface area (Å²) in [7, 11) is 0. The fourth-order valence-electron chi connectivity index (χ4n) is 1.83. The number of thioether (sulfide) groups is 1. The molecule has 0 aliphatic carbocycles. The Kier molecular flexibility index (Phi) is 5.16. The number of morpholine rings is 1. The summed E-state index contributed by atoms with van der Waals surface area (Å²) in [5.74, 6) is 1.12. The first-order valence-corrected chi connectivity index (χ1v) is 7.15. The molecule has 4 heteroatoms. The Morgan fingerprint density at radius 3 is 2.88 bits per heavy atom. The van der Waals surface area contributed by atoms with Gasteiger partial charge in [-0.15, -0.1) is 11.8 Å². The largest absolute Gasteiger partial charge is 0.383 e. The van der Waals surface area contributed by atoms with E-state index in [-0.39, 0.29) is 0 Å². The minimum atomic E-state index is 0.424. The van der Waals surface area contributed by atoms with Crippen molar-refractivity contribution >= 4 is 17.4 Å². The maximum atomic E-state index is 5.42. The van der Waals surface area contributed by atoms with Gasteiger partial charge in [0.1, 0.15) is 0 Å². The van der Waals surface area contributed by atoms with Crippen molar-refractivity contribution in [2.75, 3.05) is 37.4 Å². The van der Waals surface area contributed by atoms with Gasteiger partial charge in [-0.2, -0.15) is 0 Å². The molecule has 1 aromatic rings. The third-order valence-electron chi connectivity index (χ3n) is 2.72. The van der Waals surface area contributed by atoms with Gasteiger partial charge in [0.15, 0.2) is 0 Å². The summed E-state index contributed by atoms with van der Waals surface area (Å²) in [6, 6.07) is 9.04. The van der Waals surface area contributed by atoms with Gasteiger partial charge in [-0.1, -0.05) is 6.92 Å². The van der Waals surface area contributed by atoms with Crippen LogP contribution in [-0.2, 0) is 4.74 Å². The predicted octanol–water partition coefficient (Wildman–Crippen LogP) is 2.20. The lowest BCUT2D eigenvalue weighted by atomic mass is 10.2. The van der Waals surface area contributed by atoms with Gasteiger partial charge in [0, 0.05) is 29.7 Å². The monoisotopic (exact) mass is 252 g/mol. The molecule has 0 aromatic heterocycles. The van der Waals surface area contributed by atoms with Crippen LogP contribution >= 0.6 is 11.8 Å². The second kappa shape index (κ2) is 6.89. The van der Waals surface area contributed by atoms with Crippen LogP contribution in [0.2, 0.25) is 0 Å². The lowest BCUT2D eigenvalue weighted by molar-refractivity contribution is 0.0806. The molecule has 1 fully saturated rings. The van der Waals surface area contributed by atoms with E-state index in [9.17, 15) is 0 Å². The molecule has 0 saturated carbocycles. The zero-order valence-corrected chi connectivity index (χ0v) is 11.1. The molecule has 2 N–H and O–H groups in total. The number of hydrogen-bond acceptors (Lipinski definition) is 4. The topological polar surface area (TPSA) is 33.3 Å². The SMILES string of the molecule is CCSc1ccc(NCC2COCCN2)cc1. The molecule has 1 atom stereocenters. The summed E-state index contributed by atoms with van der Waals surface area (Å²) < 4.78 is 5.42. The molecule has 0 bridgehead atoms. The zero-order chi connectivity index (χ0) is 11.9. The first-order valence-electron chi connectivity index (χ1n) is 6.16. The molecule has 0 spiro atoms. The summed E-state index contributed by atoms with van der Waals surface area (Å²) in [5, 5.41) is 6.86. The van der Waals surface area contributed by atoms with Crippen LogP contribution in [0.4, 0.5) is 5.69 Å². The number of ether oxygens (including phenoxy) is 1. The maximum Gasteiger partial charge on any atom is 0.0637 e. The standard InChI is InChI=1S/C13H20N2OS/c1-2-17-13-5-3-11(4-6-13)15-9-12-10-16-8-7-14-12/h3-6,12,14-15H,2,7-10H2,1H3. The van der Waals surface area contributed by atoms with Gasteiger partial charge in [-0.3, -0.25) is 0 Å². The molecule has 1 heterocycles. The second-order valence-corrected chi connectivity index (χ2v) is 5.40. The van der Waals surface area contributed by atoms with E-state index in [2.05, 4.69) is 41.8 Å². The maximum absolute atomic E-state index is 5.42. The van der Waals surface area contributed by atoms with Crippen molar-refractivity contribution in [3.63, 3.8) is 0 Å². The second-order valence-electron chi connectivity index (χ2n) is 4.06. The normalized spacial score (nSPS) is 20.2. The molecule has 3 nitrogen and oxygen atoms in total. The Bertz CT molecular complexity index is 323. The first-order chi connectivity index (χ1) is 8.38. The lowest BCUT2D eigenvalue weighted by Crippen LogP contribution is -2.45. The molecular weight excluding hydrogens is 232 g/mol. The minimum absolute atomic E-state index is 0.424. The van der Waals surface area contributed by atoms with Crippen molar-refractivity contribution in [3.05, 3.63) is 24.3 Å². The number of hydrogen-bond donors (Lipinski definition) is 2. The Hall–Kier alpha value is -0.710. The van der Waals surface area contributed by atoms with Crippen LogP contribution in [0, 0.1) is 0 Å². The van der Waals surface area contributed by atoms with Crippen LogP contribution in [0.3, 0.4) is 0 Å². The van der Waals surface area contributed by atoms with Crippen molar-refractivity contribution in [2.24, 2.45) is 0 Å². The molecule has 0 radical (unpaired) electrons. The molecule has 0 amide bonds. The van der Waals surface area contributed by atoms with Gasteiger partial charge in [0.2, 0.25) is 0 Å². The van der Waals surface area contributed by atoms with Crippen molar-refractivity contribution in [2.45, 2.75) is 17.9 Å². The molecule has 1 saturated heterocycles. The Labute approximate surface area is 107 Å². The van der Waals surface area contributed by atoms with Crippen LogP contribution < -0.4 is 10.6 Å². The van der Waals surface area contributed by atoms with Crippen molar-refractivity contribution in [1.82, 2.24) is 5.32 Å². The van der Waals surface area contributed by atoms with Crippen molar-refractivity contribution in [1.29, 1.82) is 0 Å². The molecule has 94 valence electrons. The van der Waals surface area contributed by atoms with Crippen molar-refractivity contribution < 1.29 is 4.74 Å². The highest BCUT2D eigenvalue weighted by atomic mass is 32.2. The summed E-state index contributed by atoms with van der Waals surface area (Å²) in [5.41, 5.74) is 1.18. The summed E-state index contributed by atoms with van der Waals surface area (Å²) in [4.78, 5) is 1.33. The van der Waals surface area contributed by atoms with E-state index in [1.54, 1.807) is 0 Å². The number of nitrogens with one attached hydrogen (secondary N) is 2. The Balaban J connectivity index is 1.77. The van der Waals surface area contributed by atoms with E-state index in [1.807, 2.05) is 11.8 Å². The number of anilines is 1. The van der Waals surface area contributed by atoms with E-state index >= 15 is 0 Å². The Morgan fingerprint density at radius 1 is 1.41 bits per heavy atom. The van der Waals surface area contributed by atoms with E-state index in [1.165, 1.54) is 10.6 Å². The average Bonchev–Trinajstić information content (AvgIpc) is 2.40. The lowest BCUT2D eigenvalue weighted by Gasteiger charge is -2.24. The smallest absolute Gasteiger partial charge is 0.0637 e. The number of benzene rings is 1. The van der Waals surface area contributed by atoms with Gasteiger partial charge in [-0.05, 0) is 30.0 Å². The van der Waals surface area contributed by atoms with Crippen molar-refractivity contribution in [3.8, 4) is 0 Å². The predicted molar refractivity (Wildman–Crippen MR) is 73.9 cm³/mol. The van der Waals surface area contributed by atoms with Crippen LogP contribution in [0.1, 0.15) is 6.92 Å². The first kappa shape index (κ1) is 12.7. The molecule has 17 heavy (non-hydrogen) atoms. The third kappa shape index (κ3) is 4.22. The summed E-state index contributed by atoms with van der Waals surface area (Å²) in [6.45, 7) is 5.68. The van der Waals surface area contributed by atoms with E-state index in [4.69, 9.17) is 4.74 Å². The molecular formula is C13H20N2OS. The third-order valence-corrected chi connectivity index (χ3v) is 3.61. The van der Waals surface area contributed by atoms with E-state index < -0.39 is 0 Å². The summed E-state index contributed by atoms with van der Waals surface area (Å²) in [6.07, 6.45) is 0. The molecule has 1 aliphatic heterocycles. The average molecular weight is 252 g/mol. The fraction of sp³-hybridized carbons (Fsp3) is 0.538. The van der Waals surface area contributed by atoms with Crippen LogP contribution in [0.15, 0.2) is 29.2 Å². The zero-order valence-electron chi connectivity index (χ0n) is 10.2. The molecule has 2 rings (SSSR count). The highest BCUT2D eigenvalue weighted by Crippen LogP contribution is 2.19. The van der Waals surface area contributed by atoms with Crippen LogP contribution in [0.25, 0.3) is 0 Å². The molecule has 1 aliphatic rings. The highest BCUT2D eigenvalue weighted by molar-refractivity contribution is 7.99. The van der Waals surface area contributed by atoms with Crippen LogP contribution in [0.5, 0.6) is 0 Å². The van der Waals surface area contributed by atoms with Gasteiger partial charge < -0.3 is 15.4 Å². The van der Waals surface area contributed by atoms with E-state index in [0.29, 0.717) is 6.04 Å². The Morgan fingerprint density at radius 2 is 2.24 bits per heavy atom. The van der Waals surface area contributed by atoms with Gasteiger partial charge >= 0.3 is 0 Å². The number of rotatable bonds is 5. The highest BCUT2D eigenvalue weighted by Gasteiger charge is 2.11. The summed E-state index contributed by atoms with van der Waals surface area (Å²) >= 11 is 1.87. The quantitative estimate of drug-likeness (QED) is 0.787.